The standard InChI is InChI=1S/C23H31N3O6/c27-18-3-1-17(2-4-18)26-23(29)25-12-11-24-15-19(28)16-32-22-9-7-21(8-10-22)31-14-13-30-20-5-6-20/h1-4,7-10,19-20,24,27-28H,5-6,11-16H2,(H2,25,26,29). The number of nitrogens with one attached hydrogen (secondary N) is 3. The zero-order valence-electron chi connectivity index (χ0n) is 18.0. The van der Waals surface area contributed by atoms with Gasteiger partial charge in [-0.3, -0.25) is 0 Å². The van der Waals surface area contributed by atoms with Crippen LogP contribution in [0.4, 0.5) is 10.5 Å². The van der Waals surface area contributed by atoms with Crippen LogP contribution in [0.25, 0.3) is 0 Å². The van der Waals surface area contributed by atoms with Gasteiger partial charge in [-0.2, -0.15) is 0 Å². The summed E-state index contributed by atoms with van der Waals surface area (Å²) < 4.78 is 16.7. The second-order valence-electron chi connectivity index (χ2n) is 7.49. The number of phenolic OH excluding ortho intramolecular Hbond substituents is 1. The fourth-order valence-corrected chi connectivity index (χ4v) is 2.75. The molecule has 0 aromatic heterocycles. The van der Waals surface area contributed by atoms with Crippen LogP contribution >= 0.6 is 0 Å². The molecule has 0 bridgehead atoms. The number of carbonyl (C=O) groups excluding carboxylic acids is 1. The third-order valence-corrected chi connectivity index (χ3v) is 4.59. The number of aliphatic hydroxyl groups excluding tert-OH is 1. The van der Waals surface area contributed by atoms with Gasteiger partial charge >= 0.3 is 6.03 Å². The van der Waals surface area contributed by atoms with Crippen molar-refractivity contribution < 1.29 is 29.2 Å². The Morgan fingerprint density at radius 3 is 2.34 bits per heavy atom. The van der Waals surface area contributed by atoms with Crippen molar-refractivity contribution >= 4 is 11.7 Å². The Kier molecular flexibility index (Phi) is 9.42. The molecule has 9 heteroatoms. The zero-order chi connectivity index (χ0) is 22.6. The van der Waals surface area contributed by atoms with Gasteiger partial charge in [-0.05, 0) is 61.4 Å². The number of urea groups is 1. The average molecular weight is 446 g/mol. The third kappa shape index (κ3) is 9.42. The highest BCUT2D eigenvalue weighted by molar-refractivity contribution is 5.89. The summed E-state index contributed by atoms with van der Waals surface area (Å²) in [5, 5.41) is 27.7. The first kappa shape index (κ1) is 23.6. The Morgan fingerprint density at radius 1 is 0.969 bits per heavy atom. The molecule has 2 amide bonds. The number of amides is 2. The Labute approximate surface area is 187 Å². The van der Waals surface area contributed by atoms with Crippen LogP contribution in [0.3, 0.4) is 0 Å². The lowest BCUT2D eigenvalue weighted by Gasteiger charge is -2.14. The second kappa shape index (κ2) is 12.7. The lowest BCUT2D eigenvalue weighted by atomic mass is 10.3. The van der Waals surface area contributed by atoms with E-state index in [9.17, 15) is 15.0 Å². The highest BCUT2D eigenvalue weighted by Gasteiger charge is 2.21. The number of aromatic hydroxyl groups is 1. The van der Waals surface area contributed by atoms with Crippen LogP contribution in [0.15, 0.2) is 48.5 Å². The summed E-state index contributed by atoms with van der Waals surface area (Å²) in [7, 11) is 0. The van der Waals surface area contributed by atoms with E-state index in [0.29, 0.717) is 50.4 Å². The molecule has 5 N–H and O–H groups in total. The van der Waals surface area contributed by atoms with Gasteiger partial charge in [-0.1, -0.05) is 0 Å². The Hall–Kier alpha value is -3.01. The van der Waals surface area contributed by atoms with E-state index in [0.717, 1.165) is 18.6 Å². The largest absolute Gasteiger partial charge is 0.508 e. The Morgan fingerprint density at radius 2 is 1.66 bits per heavy atom. The summed E-state index contributed by atoms with van der Waals surface area (Å²) in [6.07, 6.45) is 2.06. The molecule has 1 fully saturated rings. The molecule has 174 valence electrons. The van der Waals surface area contributed by atoms with Crippen molar-refractivity contribution in [3.63, 3.8) is 0 Å². The van der Waals surface area contributed by atoms with Gasteiger partial charge in [0, 0.05) is 25.3 Å². The van der Waals surface area contributed by atoms with E-state index in [2.05, 4.69) is 16.0 Å². The van der Waals surface area contributed by atoms with Crippen LogP contribution in [0.5, 0.6) is 17.2 Å². The number of ether oxygens (including phenoxy) is 3. The smallest absolute Gasteiger partial charge is 0.319 e. The van der Waals surface area contributed by atoms with Crippen molar-refractivity contribution in [1.29, 1.82) is 0 Å². The summed E-state index contributed by atoms with van der Waals surface area (Å²) in [4.78, 5) is 11.8. The van der Waals surface area contributed by atoms with Gasteiger partial charge < -0.3 is 40.4 Å². The van der Waals surface area contributed by atoms with Crippen molar-refractivity contribution in [2.24, 2.45) is 0 Å². The van der Waals surface area contributed by atoms with Gasteiger partial charge in [0.1, 0.15) is 36.6 Å². The quantitative estimate of drug-likeness (QED) is 0.223. The maximum absolute atomic E-state index is 11.8. The van der Waals surface area contributed by atoms with Crippen LogP contribution in [-0.4, -0.2) is 67.9 Å². The minimum atomic E-state index is -0.684. The zero-order valence-corrected chi connectivity index (χ0v) is 18.0. The van der Waals surface area contributed by atoms with Crippen molar-refractivity contribution in [2.45, 2.75) is 25.0 Å². The normalized spacial score (nSPS) is 13.9. The number of benzene rings is 2. The van der Waals surface area contributed by atoms with Crippen molar-refractivity contribution in [2.75, 3.05) is 44.8 Å². The van der Waals surface area contributed by atoms with E-state index in [-0.39, 0.29) is 18.4 Å². The van der Waals surface area contributed by atoms with Crippen molar-refractivity contribution in [3.8, 4) is 17.2 Å². The molecular formula is C23H31N3O6. The number of rotatable bonds is 14. The van der Waals surface area contributed by atoms with Crippen molar-refractivity contribution in [1.82, 2.24) is 10.6 Å². The maximum atomic E-state index is 11.8. The second-order valence-corrected chi connectivity index (χ2v) is 7.49. The molecular weight excluding hydrogens is 414 g/mol. The van der Waals surface area contributed by atoms with E-state index >= 15 is 0 Å². The maximum Gasteiger partial charge on any atom is 0.319 e. The molecule has 0 saturated heterocycles. The van der Waals surface area contributed by atoms with Gasteiger partial charge in [0.05, 0.1) is 12.7 Å². The van der Waals surface area contributed by atoms with Crippen LogP contribution in [0, 0.1) is 0 Å². The number of aliphatic hydroxyl groups is 1. The first-order valence-electron chi connectivity index (χ1n) is 10.8. The first-order chi connectivity index (χ1) is 15.6. The van der Waals surface area contributed by atoms with Gasteiger partial charge in [0.2, 0.25) is 0 Å². The third-order valence-electron chi connectivity index (χ3n) is 4.59. The predicted molar refractivity (Wildman–Crippen MR) is 120 cm³/mol. The van der Waals surface area contributed by atoms with E-state index in [1.54, 1.807) is 24.3 Å². The summed E-state index contributed by atoms with van der Waals surface area (Å²) in [6.45, 7) is 2.50. The SMILES string of the molecule is O=C(NCCNCC(O)COc1ccc(OCCOC2CC2)cc1)Nc1ccc(O)cc1. The monoisotopic (exact) mass is 445 g/mol. The number of anilines is 1. The van der Waals surface area contributed by atoms with Crippen LogP contribution < -0.4 is 25.4 Å². The predicted octanol–water partition coefficient (Wildman–Crippen LogP) is 2.10. The number of hydrogen-bond donors (Lipinski definition) is 5. The summed E-state index contributed by atoms with van der Waals surface area (Å²) in [5.74, 6) is 1.54. The van der Waals surface area contributed by atoms with Crippen LogP contribution in [-0.2, 0) is 4.74 Å². The molecule has 32 heavy (non-hydrogen) atoms. The lowest BCUT2D eigenvalue weighted by molar-refractivity contribution is 0.0879. The number of carbonyl (C=O) groups is 1. The Balaban J connectivity index is 1.20. The lowest BCUT2D eigenvalue weighted by Crippen LogP contribution is -2.38. The molecule has 1 aliphatic rings. The van der Waals surface area contributed by atoms with Crippen LogP contribution in [0.2, 0.25) is 0 Å². The molecule has 0 spiro atoms. The van der Waals surface area contributed by atoms with E-state index in [1.165, 1.54) is 12.1 Å². The molecule has 0 aliphatic heterocycles. The fourth-order valence-electron chi connectivity index (χ4n) is 2.75. The molecule has 0 radical (unpaired) electrons. The molecule has 1 atom stereocenters. The summed E-state index contributed by atoms with van der Waals surface area (Å²) in [6, 6.07) is 13.1. The van der Waals surface area contributed by atoms with Crippen molar-refractivity contribution in [3.05, 3.63) is 48.5 Å². The highest BCUT2D eigenvalue weighted by Crippen LogP contribution is 2.23. The molecule has 1 saturated carbocycles. The number of hydrogen-bond acceptors (Lipinski definition) is 7. The molecule has 2 aromatic rings. The number of phenols is 1. The van der Waals surface area contributed by atoms with Gasteiger partial charge in [-0.25, -0.2) is 4.79 Å². The fraction of sp³-hybridized carbons (Fsp3) is 0.435. The molecule has 1 unspecified atom stereocenters. The molecule has 2 aromatic carbocycles. The molecule has 9 nitrogen and oxygen atoms in total. The van der Waals surface area contributed by atoms with E-state index in [4.69, 9.17) is 14.2 Å². The minimum absolute atomic E-state index is 0.138. The minimum Gasteiger partial charge on any atom is -0.508 e. The van der Waals surface area contributed by atoms with Gasteiger partial charge in [0.15, 0.2) is 0 Å². The van der Waals surface area contributed by atoms with Crippen LogP contribution in [0.1, 0.15) is 12.8 Å². The molecule has 3 rings (SSSR count). The highest BCUT2D eigenvalue weighted by atomic mass is 16.5. The summed E-state index contributed by atoms with van der Waals surface area (Å²) >= 11 is 0. The molecule has 1 aliphatic carbocycles. The Bertz CT molecular complexity index is 811. The van der Waals surface area contributed by atoms with Gasteiger partial charge in [0.25, 0.3) is 0 Å². The van der Waals surface area contributed by atoms with Gasteiger partial charge in [-0.15, -0.1) is 0 Å². The summed E-state index contributed by atoms with van der Waals surface area (Å²) in [5.41, 5.74) is 0.586. The molecule has 0 heterocycles. The topological polar surface area (TPSA) is 121 Å². The van der Waals surface area contributed by atoms with E-state index < -0.39 is 6.10 Å². The van der Waals surface area contributed by atoms with E-state index in [1.807, 2.05) is 12.1 Å². The average Bonchev–Trinajstić information content (AvgIpc) is 3.62. The first-order valence-corrected chi connectivity index (χ1v) is 10.8.